The summed E-state index contributed by atoms with van der Waals surface area (Å²) in [6.45, 7) is 0.696. The van der Waals surface area contributed by atoms with Crippen molar-refractivity contribution < 1.29 is 0 Å². The van der Waals surface area contributed by atoms with Gasteiger partial charge in [-0.25, -0.2) is 4.68 Å². The van der Waals surface area contributed by atoms with E-state index in [1.807, 2.05) is 30.4 Å². The maximum atomic E-state index is 3.75. The standard InChI is InChI=1S/C10H10N4/c1-2-5-10(6-3-1)7-4-8-14-9-11-12-13-14/h1-7,9H,8H2/b7-4+. The van der Waals surface area contributed by atoms with Crippen molar-refractivity contribution in [2.75, 3.05) is 0 Å². The summed E-state index contributed by atoms with van der Waals surface area (Å²) in [5.41, 5.74) is 1.18. The molecule has 0 fully saturated rings. The summed E-state index contributed by atoms with van der Waals surface area (Å²) in [6.07, 6.45) is 5.66. The smallest absolute Gasteiger partial charge is 0.138 e. The molecular weight excluding hydrogens is 176 g/mol. The summed E-state index contributed by atoms with van der Waals surface area (Å²) in [6, 6.07) is 10.1. The van der Waals surface area contributed by atoms with Crippen molar-refractivity contribution in [3.63, 3.8) is 0 Å². The van der Waals surface area contributed by atoms with Gasteiger partial charge in [0.05, 0.1) is 6.54 Å². The lowest BCUT2D eigenvalue weighted by atomic mass is 10.2. The molecule has 0 saturated heterocycles. The van der Waals surface area contributed by atoms with Crippen LogP contribution in [-0.2, 0) is 6.54 Å². The Morgan fingerprint density at radius 3 is 2.79 bits per heavy atom. The first-order chi connectivity index (χ1) is 6.95. The molecular formula is C10H10N4. The average molecular weight is 186 g/mol. The predicted octanol–water partition coefficient (Wildman–Crippen LogP) is 1.39. The van der Waals surface area contributed by atoms with Gasteiger partial charge >= 0.3 is 0 Å². The number of hydrogen-bond donors (Lipinski definition) is 0. The van der Waals surface area contributed by atoms with E-state index in [1.165, 1.54) is 5.56 Å². The molecule has 70 valence electrons. The number of rotatable bonds is 3. The largest absolute Gasteiger partial charge is 0.229 e. The second-order valence-corrected chi connectivity index (χ2v) is 2.84. The maximum Gasteiger partial charge on any atom is 0.138 e. The van der Waals surface area contributed by atoms with E-state index in [9.17, 15) is 0 Å². The highest BCUT2D eigenvalue weighted by Crippen LogP contribution is 2.00. The lowest BCUT2D eigenvalue weighted by molar-refractivity contribution is 0.661. The Labute approximate surface area is 81.9 Å². The van der Waals surface area contributed by atoms with Crippen molar-refractivity contribution in [3.05, 3.63) is 48.3 Å². The number of nitrogens with zero attached hydrogens (tertiary/aromatic N) is 4. The molecule has 0 spiro atoms. The van der Waals surface area contributed by atoms with Crippen LogP contribution in [0.3, 0.4) is 0 Å². The minimum absolute atomic E-state index is 0.696. The van der Waals surface area contributed by atoms with E-state index in [0.29, 0.717) is 6.54 Å². The van der Waals surface area contributed by atoms with Crippen LogP contribution in [-0.4, -0.2) is 20.2 Å². The Morgan fingerprint density at radius 1 is 1.21 bits per heavy atom. The summed E-state index contributed by atoms with van der Waals surface area (Å²) in [7, 11) is 0. The Hall–Kier alpha value is -1.97. The first-order valence-electron chi connectivity index (χ1n) is 4.37. The van der Waals surface area contributed by atoms with E-state index in [1.54, 1.807) is 11.0 Å². The minimum Gasteiger partial charge on any atom is -0.229 e. The van der Waals surface area contributed by atoms with Crippen LogP contribution in [0, 0.1) is 0 Å². The molecule has 1 aromatic heterocycles. The number of tetrazole rings is 1. The van der Waals surface area contributed by atoms with Gasteiger partial charge in [0.1, 0.15) is 6.33 Å². The maximum absolute atomic E-state index is 3.75. The summed E-state index contributed by atoms with van der Waals surface area (Å²) in [5, 5.41) is 10.8. The lowest BCUT2D eigenvalue weighted by Gasteiger charge is -1.92. The summed E-state index contributed by atoms with van der Waals surface area (Å²) >= 11 is 0. The lowest BCUT2D eigenvalue weighted by Crippen LogP contribution is -1.95. The fourth-order valence-electron chi connectivity index (χ4n) is 1.12. The van der Waals surface area contributed by atoms with Gasteiger partial charge in [-0.15, -0.1) is 5.10 Å². The van der Waals surface area contributed by atoms with Gasteiger partial charge in [0.25, 0.3) is 0 Å². The molecule has 4 nitrogen and oxygen atoms in total. The van der Waals surface area contributed by atoms with E-state index in [-0.39, 0.29) is 0 Å². The third-order valence-corrected chi connectivity index (χ3v) is 1.79. The highest BCUT2D eigenvalue weighted by atomic mass is 15.5. The second kappa shape index (κ2) is 4.32. The van der Waals surface area contributed by atoms with Crippen LogP contribution in [0.15, 0.2) is 42.7 Å². The Balaban J connectivity index is 1.96. The van der Waals surface area contributed by atoms with Crippen molar-refractivity contribution in [3.8, 4) is 0 Å². The van der Waals surface area contributed by atoms with Crippen molar-refractivity contribution in [1.82, 2.24) is 20.2 Å². The fourth-order valence-corrected chi connectivity index (χ4v) is 1.12. The van der Waals surface area contributed by atoms with Crippen LogP contribution >= 0.6 is 0 Å². The third-order valence-electron chi connectivity index (χ3n) is 1.79. The van der Waals surface area contributed by atoms with Crippen LogP contribution in [0.4, 0.5) is 0 Å². The number of hydrogen-bond acceptors (Lipinski definition) is 3. The molecule has 1 aromatic carbocycles. The van der Waals surface area contributed by atoms with Crippen molar-refractivity contribution in [1.29, 1.82) is 0 Å². The Morgan fingerprint density at radius 2 is 2.07 bits per heavy atom. The molecule has 0 unspecified atom stereocenters. The molecule has 0 atom stereocenters. The third kappa shape index (κ3) is 2.26. The van der Waals surface area contributed by atoms with Crippen LogP contribution in [0.25, 0.3) is 6.08 Å². The minimum atomic E-state index is 0.696. The molecule has 0 N–H and O–H groups in total. The molecule has 0 saturated carbocycles. The molecule has 4 heteroatoms. The SMILES string of the molecule is C(=C\c1ccccc1)/Cn1cnnn1. The highest BCUT2D eigenvalue weighted by Gasteiger charge is 1.86. The summed E-state index contributed by atoms with van der Waals surface area (Å²) in [4.78, 5) is 0. The van der Waals surface area contributed by atoms with Crippen LogP contribution < -0.4 is 0 Å². The van der Waals surface area contributed by atoms with Crippen molar-refractivity contribution in [2.45, 2.75) is 6.54 Å². The number of allylic oxidation sites excluding steroid dienone is 1. The summed E-state index contributed by atoms with van der Waals surface area (Å²) < 4.78 is 1.67. The molecule has 0 aliphatic heterocycles. The van der Waals surface area contributed by atoms with Gasteiger partial charge < -0.3 is 0 Å². The van der Waals surface area contributed by atoms with E-state index in [4.69, 9.17) is 0 Å². The number of benzene rings is 1. The molecule has 0 aliphatic carbocycles. The summed E-state index contributed by atoms with van der Waals surface area (Å²) in [5.74, 6) is 0. The normalized spacial score (nSPS) is 10.9. The van der Waals surface area contributed by atoms with Crippen LogP contribution in [0.2, 0.25) is 0 Å². The van der Waals surface area contributed by atoms with Gasteiger partial charge in [-0.1, -0.05) is 42.5 Å². The zero-order chi connectivity index (χ0) is 9.64. The molecule has 0 amide bonds. The predicted molar refractivity (Wildman–Crippen MR) is 53.3 cm³/mol. The Bertz CT molecular complexity index is 391. The van der Waals surface area contributed by atoms with Gasteiger partial charge in [-0.2, -0.15) is 0 Å². The van der Waals surface area contributed by atoms with Crippen molar-refractivity contribution in [2.24, 2.45) is 0 Å². The monoisotopic (exact) mass is 186 g/mol. The Kier molecular flexibility index (Phi) is 2.66. The second-order valence-electron chi connectivity index (χ2n) is 2.84. The van der Waals surface area contributed by atoms with Crippen LogP contribution in [0.5, 0.6) is 0 Å². The zero-order valence-corrected chi connectivity index (χ0v) is 7.61. The highest BCUT2D eigenvalue weighted by molar-refractivity contribution is 5.48. The van der Waals surface area contributed by atoms with E-state index in [0.717, 1.165) is 0 Å². The van der Waals surface area contributed by atoms with E-state index < -0.39 is 0 Å². The first-order valence-corrected chi connectivity index (χ1v) is 4.37. The number of aromatic nitrogens is 4. The topological polar surface area (TPSA) is 43.6 Å². The van der Waals surface area contributed by atoms with Crippen LogP contribution in [0.1, 0.15) is 5.56 Å². The molecule has 1 heterocycles. The molecule has 0 radical (unpaired) electrons. The van der Waals surface area contributed by atoms with Gasteiger partial charge in [-0.3, -0.25) is 0 Å². The van der Waals surface area contributed by atoms with E-state index in [2.05, 4.69) is 27.7 Å². The molecule has 0 aliphatic rings. The fraction of sp³-hybridized carbons (Fsp3) is 0.100. The molecule has 2 aromatic rings. The molecule has 0 bridgehead atoms. The zero-order valence-electron chi connectivity index (χ0n) is 7.61. The quantitative estimate of drug-likeness (QED) is 0.727. The first kappa shape index (κ1) is 8.62. The average Bonchev–Trinajstić information content (AvgIpc) is 2.72. The van der Waals surface area contributed by atoms with E-state index >= 15 is 0 Å². The van der Waals surface area contributed by atoms with Gasteiger partial charge in [0.15, 0.2) is 0 Å². The van der Waals surface area contributed by atoms with Gasteiger partial charge in [-0.05, 0) is 16.0 Å². The van der Waals surface area contributed by atoms with Gasteiger partial charge in [0.2, 0.25) is 0 Å². The molecule has 14 heavy (non-hydrogen) atoms. The van der Waals surface area contributed by atoms with Gasteiger partial charge in [0, 0.05) is 0 Å². The molecule has 2 rings (SSSR count). The van der Waals surface area contributed by atoms with Crippen molar-refractivity contribution >= 4 is 6.08 Å².